The minimum atomic E-state index is -0.974. The molecule has 0 aliphatic carbocycles. The van der Waals surface area contributed by atoms with Crippen LogP contribution in [0.5, 0.6) is 0 Å². The Bertz CT molecular complexity index is 631. The van der Waals surface area contributed by atoms with Crippen LogP contribution in [0.4, 0.5) is 5.69 Å². The Morgan fingerprint density at radius 3 is 2.52 bits per heavy atom. The van der Waals surface area contributed by atoms with Crippen LogP contribution < -0.4 is 16.4 Å². The third kappa shape index (κ3) is 3.34. The summed E-state index contributed by atoms with van der Waals surface area (Å²) >= 11 is 0. The number of carbonyl (C=O) groups excluding carboxylic acids is 1. The van der Waals surface area contributed by atoms with Gasteiger partial charge >= 0.3 is 0 Å². The number of hydrogen-bond acceptors (Lipinski definition) is 3. The molecule has 0 radical (unpaired) electrons. The topological polar surface area (TPSA) is 72.3 Å². The highest BCUT2D eigenvalue weighted by Gasteiger charge is 2.26. The van der Waals surface area contributed by atoms with Gasteiger partial charge in [0, 0.05) is 24.2 Å². The average molecular weight is 285 g/mol. The van der Waals surface area contributed by atoms with Crippen molar-refractivity contribution in [1.82, 2.24) is 0 Å². The number of fused-ring (bicyclic) bond motifs is 1. The third-order valence-electron chi connectivity index (χ3n) is 3.95. The Kier molecular flexibility index (Phi) is 4.48. The number of amides is 1. The minimum Gasteiger partial charge on any atom is -0.371 e. The van der Waals surface area contributed by atoms with Crippen LogP contribution in [0.3, 0.4) is 0 Å². The first kappa shape index (κ1) is 15.3. The van der Waals surface area contributed by atoms with Crippen LogP contribution in [-0.2, 0) is 4.79 Å². The van der Waals surface area contributed by atoms with E-state index in [1.807, 2.05) is 12.1 Å². The van der Waals surface area contributed by atoms with Crippen LogP contribution in [0, 0.1) is 0 Å². The molecule has 0 aromatic heterocycles. The van der Waals surface area contributed by atoms with Crippen LogP contribution in [0.1, 0.15) is 20.3 Å². The molecule has 1 amide bonds. The van der Waals surface area contributed by atoms with E-state index < -0.39 is 11.4 Å². The monoisotopic (exact) mass is 285 g/mol. The quantitative estimate of drug-likeness (QED) is 0.855. The van der Waals surface area contributed by atoms with Crippen LogP contribution in [-0.4, -0.2) is 24.5 Å². The lowest BCUT2D eigenvalue weighted by Crippen LogP contribution is -2.51. The third-order valence-corrected chi connectivity index (χ3v) is 3.95. The molecule has 0 saturated carbocycles. The molecule has 21 heavy (non-hydrogen) atoms. The second-order valence-corrected chi connectivity index (χ2v) is 5.61. The Morgan fingerprint density at radius 2 is 1.86 bits per heavy atom. The predicted molar refractivity (Wildman–Crippen MR) is 88.2 cm³/mol. The fourth-order valence-electron chi connectivity index (χ4n) is 2.42. The van der Waals surface area contributed by atoms with Gasteiger partial charge in [0.1, 0.15) is 0 Å². The van der Waals surface area contributed by atoms with E-state index in [0.717, 1.165) is 12.2 Å². The van der Waals surface area contributed by atoms with E-state index in [4.69, 9.17) is 11.5 Å². The molecule has 1 atom stereocenters. The summed E-state index contributed by atoms with van der Waals surface area (Å²) in [4.78, 5) is 13.6. The van der Waals surface area contributed by atoms with Crippen molar-refractivity contribution < 1.29 is 4.79 Å². The Hall–Kier alpha value is -2.07. The van der Waals surface area contributed by atoms with Crippen molar-refractivity contribution in [3.63, 3.8) is 0 Å². The smallest absolute Gasteiger partial charge is 0.237 e. The van der Waals surface area contributed by atoms with Gasteiger partial charge in [-0.05, 0) is 31.7 Å². The van der Waals surface area contributed by atoms with Crippen molar-refractivity contribution in [2.45, 2.75) is 25.8 Å². The molecule has 4 N–H and O–H groups in total. The van der Waals surface area contributed by atoms with E-state index in [0.29, 0.717) is 13.0 Å². The Morgan fingerprint density at radius 1 is 1.19 bits per heavy atom. The van der Waals surface area contributed by atoms with Gasteiger partial charge < -0.3 is 16.4 Å². The lowest BCUT2D eigenvalue weighted by molar-refractivity contribution is -0.122. The summed E-state index contributed by atoms with van der Waals surface area (Å²) in [7, 11) is 0. The summed E-state index contributed by atoms with van der Waals surface area (Å²) in [6.07, 6.45) is 0.527. The number of benzene rings is 2. The average Bonchev–Trinajstić information content (AvgIpc) is 2.47. The van der Waals surface area contributed by atoms with Gasteiger partial charge in [-0.25, -0.2) is 0 Å². The SMILES string of the molecule is CCN(CCC(C)(N)C(N)=O)c1cccc2ccccc12. The lowest BCUT2D eigenvalue weighted by atomic mass is 9.98. The van der Waals surface area contributed by atoms with E-state index in [1.165, 1.54) is 10.8 Å². The second kappa shape index (κ2) is 6.14. The Balaban J connectivity index is 2.26. The molecule has 0 spiro atoms. The molecule has 1 unspecified atom stereocenters. The molecular weight excluding hydrogens is 262 g/mol. The number of carbonyl (C=O) groups is 1. The van der Waals surface area contributed by atoms with Gasteiger partial charge in [-0.3, -0.25) is 4.79 Å². The molecule has 0 fully saturated rings. The van der Waals surface area contributed by atoms with Gasteiger partial charge in [-0.2, -0.15) is 0 Å². The van der Waals surface area contributed by atoms with Crippen molar-refractivity contribution in [2.24, 2.45) is 11.5 Å². The maximum Gasteiger partial charge on any atom is 0.237 e. The van der Waals surface area contributed by atoms with E-state index in [1.54, 1.807) is 6.92 Å². The zero-order valence-corrected chi connectivity index (χ0v) is 12.7. The number of rotatable bonds is 6. The van der Waals surface area contributed by atoms with Crippen molar-refractivity contribution in [3.05, 3.63) is 42.5 Å². The molecule has 2 rings (SSSR count). The summed E-state index contributed by atoms with van der Waals surface area (Å²) in [6.45, 7) is 5.33. The highest BCUT2D eigenvalue weighted by Crippen LogP contribution is 2.27. The van der Waals surface area contributed by atoms with E-state index in [9.17, 15) is 4.79 Å². The van der Waals surface area contributed by atoms with Gasteiger partial charge in [0.25, 0.3) is 0 Å². The summed E-state index contributed by atoms with van der Waals surface area (Å²) in [5.41, 5.74) is 11.5. The van der Waals surface area contributed by atoms with Gasteiger partial charge in [0.15, 0.2) is 0 Å². The fraction of sp³-hybridized carbons (Fsp3) is 0.353. The van der Waals surface area contributed by atoms with Gasteiger partial charge in [-0.1, -0.05) is 36.4 Å². The maximum absolute atomic E-state index is 11.3. The Labute approximate surface area is 125 Å². The largest absolute Gasteiger partial charge is 0.371 e. The van der Waals surface area contributed by atoms with Crippen molar-refractivity contribution in [2.75, 3.05) is 18.0 Å². The molecule has 0 saturated heterocycles. The molecule has 4 heteroatoms. The second-order valence-electron chi connectivity index (χ2n) is 5.61. The summed E-state index contributed by atoms with van der Waals surface area (Å²) < 4.78 is 0. The first-order valence-corrected chi connectivity index (χ1v) is 7.27. The number of hydrogen-bond donors (Lipinski definition) is 2. The molecule has 2 aromatic carbocycles. The van der Waals surface area contributed by atoms with Crippen molar-refractivity contribution >= 4 is 22.4 Å². The molecule has 0 bridgehead atoms. The first-order chi connectivity index (χ1) is 9.95. The summed E-state index contributed by atoms with van der Waals surface area (Å²) in [5, 5.41) is 2.42. The zero-order chi connectivity index (χ0) is 15.5. The number of nitrogens with two attached hydrogens (primary N) is 2. The number of nitrogens with zero attached hydrogens (tertiary/aromatic N) is 1. The lowest BCUT2D eigenvalue weighted by Gasteiger charge is -2.29. The van der Waals surface area contributed by atoms with Crippen LogP contribution in [0.25, 0.3) is 10.8 Å². The van der Waals surface area contributed by atoms with Crippen molar-refractivity contribution in [3.8, 4) is 0 Å². The predicted octanol–water partition coefficient (Wildman–Crippen LogP) is 2.26. The van der Waals surface area contributed by atoms with E-state index in [2.05, 4.69) is 42.2 Å². The van der Waals surface area contributed by atoms with E-state index >= 15 is 0 Å². The number of anilines is 1. The standard InChI is InChI=1S/C17H23N3O/c1-3-20(12-11-17(2,19)16(18)21)15-10-6-8-13-7-4-5-9-14(13)15/h4-10H,3,11-12,19H2,1-2H3,(H2,18,21). The minimum absolute atomic E-state index is 0.462. The van der Waals surface area contributed by atoms with Crippen LogP contribution in [0.15, 0.2) is 42.5 Å². The molecule has 112 valence electrons. The molecule has 4 nitrogen and oxygen atoms in total. The first-order valence-electron chi connectivity index (χ1n) is 7.27. The molecule has 0 heterocycles. The van der Waals surface area contributed by atoms with Crippen molar-refractivity contribution in [1.29, 1.82) is 0 Å². The molecule has 2 aromatic rings. The van der Waals surface area contributed by atoms with Crippen LogP contribution >= 0.6 is 0 Å². The molecule has 0 aliphatic heterocycles. The molecular formula is C17H23N3O. The molecule has 0 aliphatic rings. The van der Waals surface area contributed by atoms with Gasteiger partial charge in [-0.15, -0.1) is 0 Å². The van der Waals surface area contributed by atoms with E-state index in [-0.39, 0.29) is 0 Å². The van der Waals surface area contributed by atoms with Crippen LogP contribution in [0.2, 0.25) is 0 Å². The summed E-state index contributed by atoms with van der Waals surface area (Å²) in [6, 6.07) is 14.5. The highest BCUT2D eigenvalue weighted by molar-refractivity contribution is 5.94. The highest BCUT2D eigenvalue weighted by atomic mass is 16.1. The van der Waals surface area contributed by atoms with Gasteiger partial charge in [0.2, 0.25) is 5.91 Å². The zero-order valence-electron chi connectivity index (χ0n) is 12.7. The summed E-state index contributed by atoms with van der Waals surface area (Å²) in [5.74, 6) is -0.462. The van der Waals surface area contributed by atoms with Gasteiger partial charge in [0.05, 0.1) is 5.54 Å². The number of primary amides is 1. The normalized spacial score (nSPS) is 13.9. The fourth-order valence-corrected chi connectivity index (χ4v) is 2.42. The maximum atomic E-state index is 11.3.